The van der Waals surface area contributed by atoms with Gasteiger partial charge in [-0.25, -0.2) is 4.79 Å². The Bertz CT molecular complexity index is 700. The Kier molecular flexibility index (Phi) is 4.65. The smallest absolute Gasteiger partial charge is 0.449 e. The summed E-state index contributed by atoms with van der Waals surface area (Å²) in [5.41, 5.74) is 4.36. The summed E-state index contributed by atoms with van der Waals surface area (Å²) in [6, 6.07) is 13.9. The molecule has 0 amide bonds. The van der Waals surface area contributed by atoms with E-state index in [4.69, 9.17) is 9.84 Å². The van der Waals surface area contributed by atoms with Gasteiger partial charge in [-0.05, 0) is 48.4 Å². The maximum Gasteiger partial charge on any atom is 0.511 e. The summed E-state index contributed by atoms with van der Waals surface area (Å²) in [4.78, 5) is 11.0. The van der Waals surface area contributed by atoms with Gasteiger partial charge < -0.3 is 9.84 Å². The summed E-state index contributed by atoms with van der Waals surface area (Å²) >= 11 is 0. The van der Waals surface area contributed by atoms with Crippen LogP contribution >= 0.6 is 0 Å². The first kappa shape index (κ1) is 15.6. The van der Waals surface area contributed by atoms with Crippen LogP contribution in [0.3, 0.4) is 0 Å². The molecule has 3 nitrogen and oxygen atoms in total. The maximum absolute atomic E-state index is 11.0. The van der Waals surface area contributed by atoms with E-state index in [0.29, 0.717) is 11.7 Å². The summed E-state index contributed by atoms with van der Waals surface area (Å²) in [5.74, 6) is 0.970. The minimum Gasteiger partial charge on any atom is -0.449 e. The van der Waals surface area contributed by atoms with Crippen molar-refractivity contribution in [3.63, 3.8) is 0 Å². The Morgan fingerprint density at radius 3 is 2.52 bits per heavy atom. The van der Waals surface area contributed by atoms with Crippen LogP contribution in [-0.4, -0.2) is 11.3 Å². The third-order valence-corrected chi connectivity index (χ3v) is 4.71. The molecular formula is C20H22O3. The van der Waals surface area contributed by atoms with Crippen molar-refractivity contribution in [1.82, 2.24) is 0 Å². The van der Waals surface area contributed by atoms with Crippen LogP contribution in [0.1, 0.15) is 49.1 Å². The van der Waals surface area contributed by atoms with Gasteiger partial charge in [-0.15, -0.1) is 0 Å². The molecule has 1 saturated carbocycles. The van der Waals surface area contributed by atoms with Gasteiger partial charge in [-0.3, -0.25) is 0 Å². The average molecular weight is 310 g/mol. The molecule has 3 rings (SSSR count). The number of carbonyl (C=O) groups is 1. The number of rotatable bonds is 3. The van der Waals surface area contributed by atoms with Gasteiger partial charge in [0.2, 0.25) is 0 Å². The third kappa shape index (κ3) is 3.39. The van der Waals surface area contributed by atoms with E-state index < -0.39 is 6.16 Å². The molecule has 0 saturated heterocycles. The monoisotopic (exact) mass is 310 g/mol. The Labute approximate surface area is 136 Å². The quantitative estimate of drug-likeness (QED) is 0.578. The molecule has 0 aromatic heterocycles. The van der Waals surface area contributed by atoms with Crippen LogP contribution in [0.5, 0.6) is 5.75 Å². The van der Waals surface area contributed by atoms with Crippen LogP contribution in [0, 0.1) is 6.92 Å². The summed E-state index contributed by atoms with van der Waals surface area (Å²) < 4.78 is 5.04. The molecule has 0 radical (unpaired) electrons. The normalized spacial score (nSPS) is 15.3. The molecule has 120 valence electrons. The highest BCUT2D eigenvalue weighted by Crippen LogP contribution is 2.42. The van der Waals surface area contributed by atoms with E-state index in [0.717, 1.165) is 16.7 Å². The summed E-state index contributed by atoms with van der Waals surface area (Å²) in [5, 5.41) is 9.02. The number of ether oxygens (including phenoxy) is 1. The molecule has 0 bridgehead atoms. The molecule has 3 heteroatoms. The third-order valence-electron chi connectivity index (χ3n) is 4.71. The molecule has 1 aliphatic carbocycles. The van der Waals surface area contributed by atoms with Gasteiger partial charge in [-0.1, -0.05) is 55.7 Å². The lowest BCUT2D eigenvalue weighted by atomic mass is 9.80. The standard InChI is InChI=1S/C20H22O3/c1-14-8-7-13-18(23-20(21)22)19(14)17-12-6-5-11-16(17)15-9-3-2-4-10-15/h5-8,11-13,15H,2-4,9-10H2,1H3,(H,21,22). The van der Waals surface area contributed by atoms with Crippen LogP contribution in [0.2, 0.25) is 0 Å². The average Bonchev–Trinajstić information content (AvgIpc) is 2.55. The molecule has 1 aliphatic rings. The number of hydrogen-bond donors (Lipinski definition) is 1. The Hall–Kier alpha value is -2.29. The molecule has 0 aliphatic heterocycles. The summed E-state index contributed by atoms with van der Waals surface area (Å²) in [6.45, 7) is 2.00. The van der Waals surface area contributed by atoms with E-state index >= 15 is 0 Å². The van der Waals surface area contributed by atoms with Crippen molar-refractivity contribution in [3.05, 3.63) is 53.6 Å². The van der Waals surface area contributed by atoms with Crippen molar-refractivity contribution < 1.29 is 14.6 Å². The van der Waals surface area contributed by atoms with Crippen LogP contribution in [0.4, 0.5) is 4.79 Å². The van der Waals surface area contributed by atoms with E-state index in [1.807, 2.05) is 25.1 Å². The van der Waals surface area contributed by atoms with Gasteiger partial charge in [0.15, 0.2) is 0 Å². The first-order chi connectivity index (χ1) is 11.2. The fourth-order valence-corrected chi connectivity index (χ4v) is 3.66. The van der Waals surface area contributed by atoms with Gasteiger partial charge in [-0.2, -0.15) is 0 Å². The minimum absolute atomic E-state index is 0.417. The van der Waals surface area contributed by atoms with Crippen molar-refractivity contribution in [3.8, 4) is 16.9 Å². The van der Waals surface area contributed by atoms with Gasteiger partial charge in [0.1, 0.15) is 5.75 Å². The minimum atomic E-state index is -1.27. The fraction of sp³-hybridized carbons (Fsp3) is 0.350. The first-order valence-electron chi connectivity index (χ1n) is 8.26. The predicted octanol–water partition coefficient (Wildman–Crippen LogP) is 5.77. The van der Waals surface area contributed by atoms with Gasteiger partial charge in [0.05, 0.1) is 0 Å². The van der Waals surface area contributed by atoms with Gasteiger partial charge in [0.25, 0.3) is 0 Å². The molecule has 23 heavy (non-hydrogen) atoms. The Morgan fingerprint density at radius 1 is 1.04 bits per heavy atom. The Balaban J connectivity index is 2.10. The molecule has 0 heterocycles. The van der Waals surface area contributed by atoms with Crippen molar-refractivity contribution in [2.75, 3.05) is 0 Å². The molecule has 0 spiro atoms. The molecule has 2 aromatic carbocycles. The molecule has 2 aromatic rings. The van der Waals surface area contributed by atoms with Crippen molar-refractivity contribution in [2.45, 2.75) is 44.9 Å². The summed E-state index contributed by atoms with van der Waals surface area (Å²) in [7, 11) is 0. The molecular weight excluding hydrogens is 288 g/mol. The van der Waals surface area contributed by atoms with E-state index in [-0.39, 0.29) is 0 Å². The second-order valence-corrected chi connectivity index (χ2v) is 6.24. The van der Waals surface area contributed by atoms with Gasteiger partial charge in [0, 0.05) is 5.56 Å². The van der Waals surface area contributed by atoms with E-state index in [9.17, 15) is 4.79 Å². The zero-order valence-electron chi connectivity index (χ0n) is 13.4. The zero-order valence-corrected chi connectivity index (χ0v) is 13.4. The topological polar surface area (TPSA) is 46.5 Å². The SMILES string of the molecule is Cc1cccc(OC(=O)O)c1-c1ccccc1C1CCCCC1. The number of aryl methyl sites for hydroxylation is 1. The highest BCUT2D eigenvalue weighted by Gasteiger charge is 2.21. The van der Waals surface area contributed by atoms with E-state index in [2.05, 4.69) is 18.2 Å². The van der Waals surface area contributed by atoms with Crippen LogP contribution in [0.25, 0.3) is 11.1 Å². The van der Waals surface area contributed by atoms with Crippen molar-refractivity contribution in [2.24, 2.45) is 0 Å². The van der Waals surface area contributed by atoms with Crippen LogP contribution < -0.4 is 4.74 Å². The van der Waals surface area contributed by atoms with Crippen LogP contribution in [0.15, 0.2) is 42.5 Å². The number of hydrogen-bond acceptors (Lipinski definition) is 2. The van der Waals surface area contributed by atoms with Crippen molar-refractivity contribution in [1.29, 1.82) is 0 Å². The highest BCUT2D eigenvalue weighted by molar-refractivity contribution is 5.79. The first-order valence-corrected chi connectivity index (χ1v) is 8.26. The van der Waals surface area contributed by atoms with E-state index in [1.54, 1.807) is 6.07 Å². The van der Waals surface area contributed by atoms with E-state index in [1.165, 1.54) is 37.7 Å². The molecule has 0 unspecified atom stereocenters. The molecule has 1 fully saturated rings. The number of benzene rings is 2. The zero-order chi connectivity index (χ0) is 16.2. The van der Waals surface area contributed by atoms with Gasteiger partial charge >= 0.3 is 6.16 Å². The maximum atomic E-state index is 11.0. The second-order valence-electron chi connectivity index (χ2n) is 6.24. The Morgan fingerprint density at radius 2 is 1.78 bits per heavy atom. The lowest BCUT2D eigenvalue weighted by molar-refractivity contribution is 0.144. The predicted molar refractivity (Wildman–Crippen MR) is 91.1 cm³/mol. The second kappa shape index (κ2) is 6.86. The number of carboxylic acid groups (broad SMARTS) is 1. The molecule has 0 atom stereocenters. The molecule has 1 N–H and O–H groups in total. The largest absolute Gasteiger partial charge is 0.511 e. The highest BCUT2D eigenvalue weighted by atomic mass is 16.7. The lowest BCUT2D eigenvalue weighted by Crippen LogP contribution is -2.08. The fourth-order valence-electron chi connectivity index (χ4n) is 3.66. The lowest BCUT2D eigenvalue weighted by Gasteiger charge is -2.25. The van der Waals surface area contributed by atoms with Crippen molar-refractivity contribution >= 4 is 6.16 Å². The summed E-state index contributed by atoms with van der Waals surface area (Å²) in [6.07, 6.45) is 5.00. The van der Waals surface area contributed by atoms with Crippen LogP contribution in [-0.2, 0) is 0 Å².